The number of unbranched alkanes of at least 4 members (excludes halogenated alkanes) is 2. The Morgan fingerprint density at radius 2 is 1.64 bits per heavy atom. The molecule has 0 saturated carbocycles. The number of nitriles is 1. The first-order chi connectivity index (χ1) is 6.85. The number of hydrogen-bond donors (Lipinski definition) is 0. The Morgan fingerprint density at radius 1 is 1.07 bits per heavy atom. The summed E-state index contributed by atoms with van der Waals surface area (Å²) in [4.78, 5) is 2.33. The molecule has 78 valence electrons. The average molecular weight is 192 g/mol. The quantitative estimate of drug-likeness (QED) is 0.579. The monoisotopic (exact) mass is 192 g/mol. The first-order valence-corrected chi connectivity index (χ1v) is 5.44. The van der Waals surface area contributed by atoms with Crippen molar-refractivity contribution in [3.63, 3.8) is 0 Å². The molecule has 0 atom stereocenters. The number of hydrogen-bond acceptors (Lipinski definition) is 2. The number of nitrogens with zero attached hydrogens (tertiary/aromatic N) is 2. The molecule has 0 aliphatic rings. The molecule has 0 aromatic heterocycles. The van der Waals surface area contributed by atoms with Crippen molar-refractivity contribution < 1.29 is 0 Å². The van der Waals surface area contributed by atoms with Crippen molar-refractivity contribution in [3.8, 4) is 17.9 Å². The third-order valence-corrected chi connectivity index (χ3v) is 2.10. The molecule has 0 N–H and O–H groups in total. The van der Waals surface area contributed by atoms with Gasteiger partial charge in [-0.15, -0.1) is 0 Å². The van der Waals surface area contributed by atoms with E-state index in [0.29, 0.717) is 0 Å². The highest BCUT2D eigenvalue weighted by molar-refractivity contribution is 5.17. The van der Waals surface area contributed by atoms with Crippen LogP contribution >= 0.6 is 0 Å². The highest BCUT2D eigenvalue weighted by atomic mass is 15.1. The van der Waals surface area contributed by atoms with Crippen molar-refractivity contribution >= 4 is 0 Å². The van der Waals surface area contributed by atoms with Crippen molar-refractivity contribution in [2.24, 2.45) is 0 Å². The molecule has 0 amide bonds. The molecule has 2 heteroatoms. The second-order valence-electron chi connectivity index (χ2n) is 3.40. The second-order valence-corrected chi connectivity index (χ2v) is 3.40. The van der Waals surface area contributed by atoms with Crippen LogP contribution in [0.2, 0.25) is 0 Å². The van der Waals surface area contributed by atoms with Gasteiger partial charge in [-0.3, -0.25) is 4.90 Å². The van der Waals surface area contributed by atoms with Gasteiger partial charge in [-0.05, 0) is 25.9 Å². The normalized spacial score (nSPS) is 9.29. The summed E-state index contributed by atoms with van der Waals surface area (Å²) in [6.07, 6.45) is 4.87. The zero-order chi connectivity index (χ0) is 10.6. The van der Waals surface area contributed by atoms with E-state index >= 15 is 0 Å². The summed E-state index contributed by atoms with van der Waals surface area (Å²) >= 11 is 0. The van der Waals surface area contributed by atoms with Gasteiger partial charge in [0.05, 0.1) is 6.54 Å². The van der Waals surface area contributed by atoms with E-state index in [9.17, 15) is 0 Å². The van der Waals surface area contributed by atoms with Gasteiger partial charge < -0.3 is 0 Å². The molecule has 0 spiro atoms. The lowest BCUT2D eigenvalue weighted by Gasteiger charge is -2.18. The predicted octanol–water partition coefficient (Wildman–Crippen LogP) is 2.42. The maximum absolute atomic E-state index is 8.29. The zero-order valence-electron chi connectivity index (χ0n) is 9.34. The van der Waals surface area contributed by atoms with Crippen molar-refractivity contribution in [1.82, 2.24) is 4.90 Å². The van der Waals surface area contributed by atoms with Crippen LogP contribution in [0.4, 0.5) is 0 Å². The van der Waals surface area contributed by atoms with Crippen LogP contribution in [0.3, 0.4) is 0 Å². The van der Waals surface area contributed by atoms with Gasteiger partial charge in [-0.2, -0.15) is 5.26 Å². The van der Waals surface area contributed by atoms with E-state index in [1.165, 1.54) is 25.7 Å². The fourth-order valence-electron chi connectivity index (χ4n) is 1.22. The molecule has 0 aromatic carbocycles. The molecular formula is C12H20N2. The highest BCUT2D eigenvalue weighted by Gasteiger charge is 2.00. The minimum atomic E-state index is 0.744. The van der Waals surface area contributed by atoms with Crippen LogP contribution in [0.15, 0.2) is 0 Å². The zero-order valence-corrected chi connectivity index (χ0v) is 9.34. The maximum atomic E-state index is 8.29. The van der Waals surface area contributed by atoms with Crippen LogP contribution in [-0.2, 0) is 0 Å². The highest BCUT2D eigenvalue weighted by Crippen LogP contribution is 1.97. The van der Waals surface area contributed by atoms with Crippen LogP contribution in [0.1, 0.15) is 39.5 Å². The molecule has 2 nitrogen and oxygen atoms in total. The summed E-state index contributed by atoms with van der Waals surface area (Å²) in [5.74, 6) is 5.31. The van der Waals surface area contributed by atoms with Crippen LogP contribution in [-0.4, -0.2) is 24.5 Å². The fraction of sp³-hybridized carbons (Fsp3) is 0.750. The van der Waals surface area contributed by atoms with E-state index in [-0.39, 0.29) is 0 Å². The van der Waals surface area contributed by atoms with E-state index in [0.717, 1.165) is 19.6 Å². The van der Waals surface area contributed by atoms with E-state index in [4.69, 9.17) is 5.26 Å². The molecule has 0 saturated heterocycles. The Bertz CT molecular complexity index is 209. The molecule has 0 aliphatic heterocycles. The van der Waals surface area contributed by atoms with Crippen LogP contribution in [0.25, 0.3) is 0 Å². The third-order valence-electron chi connectivity index (χ3n) is 2.10. The summed E-state index contributed by atoms with van der Waals surface area (Å²) in [6, 6.07) is 1.85. The Morgan fingerprint density at radius 3 is 2.07 bits per heavy atom. The number of rotatable bonds is 7. The van der Waals surface area contributed by atoms with Crippen molar-refractivity contribution in [3.05, 3.63) is 0 Å². The molecule has 0 aliphatic carbocycles. The SMILES string of the molecule is CCCCN(CC#CC#N)CCCC. The van der Waals surface area contributed by atoms with E-state index < -0.39 is 0 Å². The third kappa shape index (κ3) is 7.65. The molecule has 0 unspecified atom stereocenters. The van der Waals surface area contributed by atoms with Crippen LogP contribution in [0, 0.1) is 23.2 Å². The average Bonchev–Trinajstić information content (AvgIpc) is 2.21. The molecule has 0 bridgehead atoms. The van der Waals surface area contributed by atoms with Gasteiger partial charge in [0.2, 0.25) is 0 Å². The molecule has 0 aromatic rings. The van der Waals surface area contributed by atoms with Gasteiger partial charge >= 0.3 is 0 Å². The summed E-state index contributed by atoms with van der Waals surface area (Å²) in [6.45, 7) is 7.35. The van der Waals surface area contributed by atoms with Gasteiger partial charge in [0.15, 0.2) is 6.07 Å². The molecule has 0 radical (unpaired) electrons. The standard InChI is InChI=1S/C12H20N2/c1-3-5-10-14(11-6-4-2)12-8-7-9-13/h3-6,10-12H2,1-2H3. The molecule has 14 heavy (non-hydrogen) atoms. The Balaban J connectivity index is 3.78. The summed E-state index contributed by atoms with van der Waals surface area (Å²) in [5.41, 5.74) is 0. The summed E-state index contributed by atoms with van der Waals surface area (Å²) in [7, 11) is 0. The smallest absolute Gasteiger partial charge is 0.152 e. The van der Waals surface area contributed by atoms with Gasteiger partial charge in [0.25, 0.3) is 0 Å². The Labute approximate surface area is 87.9 Å². The van der Waals surface area contributed by atoms with E-state index in [2.05, 4.69) is 30.6 Å². The van der Waals surface area contributed by atoms with Crippen molar-refractivity contribution in [1.29, 1.82) is 5.26 Å². The predicted molar refractivity (Wildman–Crippen MR) is 59.6 cm³/mol. The maximum Gasteiger partial charge on any atom is 0.152 e. The lowest BCUT2D eigenvalue weighted by atomic mass is 10.2. The van der Waals surface area contributed by atoms with Crippen molar-refractivity contribution in [2.45, 2.75) is 39.5 Å². The van der Waals surface area contributed by atoms with Gasteiger partial charge in [0, 0.05) is 5.92 Å². The van der Waals surface area contributed by atoms with Gasteiger partial charge in [0.1, 0.15) is 0 Å². The first-order valence-electron chi connectivity index (χ1n) is 5.44. The summed E-state index contributed by atoms with van der Waals surface area (Å²) in [5, 5.41) is 8.29. The lowest BCUT2D eigenvalue weighted by Crippen LogP contribution is -2.26. The first kappa shape index (κ1) is 13.0. The molecule has 0 rings (SSSR count). The van der Waals surface area contributed by atoms with Gasteiger partial charge in [-0.25, -0.2) is 0 Å². The van der Waals surface area contributed by atoms with Gasteiger partial charge in [-0.1, -0.05) is 32.6 Å². The van der Waals surface area contributed by atoms with Crippen molar-refractivity contribution in [2.75, 3.05) is 19.6 Å². The Hall–Kier alpha value is -0.990. The van der Waals surface area contributed by atoms with Crippen LogP contribution < -0.4 is 0 Å². The molecular weight excluding hydrogens is 172 g/mol. The largest absolute Gasteiger partial charge is 0.292 e. The fourth-order valence-corrected chi connectivity index (χ4v) is 1.22. The minimum Gasteiger partial charge on any atom is -0.292 e. The molecule has 0 heterocycles. The van der Waals surface area contributed by atoms with E-state index in [1.54, 1.807) is 0 Å². The van der Waals surface area contributed by atoms with Crippen LogP contribution in [0.5, 0.6) is 0 Å². The van der Waals surface area contributed by atoms with E-state index in [1.807, 2.05) is 6.07 Å². The summed E-state index contributed by atoms with van der Waals surface area (Å²) < 4.78 is 0. The minimum absolute atomic E-state index is 0.744. The molecule has 0 fully saturated rings. The second kappa shape index (κ2) is 10.1. The topological polar surface area (TPSA) is 27.0 Å². The Kier molecular flexibility index (Phi) is 9.38. The lowest BCUT2D eigenvalue weighted by molar-refractivity contribution is 0.296.